The Bertz CT molecular complexity index is 468. The molecular formula is C14H21N3O. The minimum absolute atomic E-state index is 0.522. The van der Waals surface area contributed by atoms with Gasteiger partial charge >= 0.3 is 0 Å². The van der Waals surface area contributed by atoms with Crippen molar-refractivity contribution < 1.29 is 4.74 Å². The Hall–Kier alpha value is -0.870. The molecule has 0 saturated carbocycles. The molecule has 4 nitrogen and oxygen atoms in total. The van der Waals surface area contributed by atoms with Gasteiger partial charge in [-0.25, -0.2) is 4.98 Å². The number of hydrogen-bond acceptors (Lipinski definition) is 3. The second kappa shape index (κ2) is 4.07. The van der Waals surface area contributed by atoms with Gasteiger partial charge in [-0.05, 0) is 26.2 Å². The van der Waals surface area contributed by atoms with E-state index in [0.717, 1.165) is 32.0 Å². The third kappa shape index (κ3) is 1.62. The minimum Gasteiger partial charge on any atom is -0.375 e. The van der Waals surface area contributed by atoms with Gasteiger partial charge in [0.05, 0.1) is 17.9 Å². The van der Waals surface area contributed by atoms with Crippen molar-refractivity contribution in [3.05, 3.63) is 17.2 Å². The van der Waals surface area contributed by atoms with Crippen molar-refractivity contribution in [3.63, 3.8) is 0 Å². The highest BCUT2D eigenvalue weighted by Gasteiger charge is 2.41. The Morgan fingerprint density at radius 3 is 3.17 bits per heavy atom. The molecule has 3 unspecified atom stereocenters. The lowest BCUT2D eigenvalue weighted by atomic mass is 9.89. The maximum Gasteiger partial charge on any atom is 0.106 e. The Labute approximate surface area is 108 Å². The highest BCUT2D eigenvalue weighted by Crippen LogP contribution is 2.40. The van der Waals surface area contributed by atoms with Gasteiger partial charge in [-0.2, -0.15) is 0 Å². The van der Waals surface area contributed by atoms with E-state index in [4.69, 9.17) is 9.72 Å². The molecule has 1 N–H and O–H groups in total. The van der Waals surface area contributed by atoms with Crippen molar-refractivity contribution in [2.75, 3.05) is 6.54 Å². The van der Waals surface area contributed by atoms with Crippen molar-refractivity contribution in [2.24, 2.45) is 5.92 Å². The quantitative estimate of drug-likeness (QED) is 0.858. The topological polar surface area (TPSA) is 39.1 Å². The molecule has 0 radical (unpaired) electrons. The standard InChI is InChI=1S/C14H21N3O/c1-9-16-12-7-15-5-4-13(12)17(9)8-10-6-11-2-3-14(10)18-11/h10-11,14-15H,2-8H2,1H3. The number of imidazole rings is 1. The average molecular weight is 247 g/mol. The maximum absolute atomic E-state index is 5.97. The minimum atomic E-state index is 0.522. The van der Waals surface area contributed by atoms with Crippen LogP contribution in [-0.2, 0) is 24.2 Å². The first-order chi connectivity index (χ1) is 8.81. The number of nitrogens with one attached hydrogen (secondary N) is 1. The number of hydrogen-bond donors (Lipinski definition) is 1. The van der Waals surface area contributed by atoms with Crippen LogP contribution in [0.3, 0.4) is 0 Å². The van der Waals surface area contributed by atoms with E-state index < -0.39 is 0 Å². The number of rotatable bonds is 2. The summed E-state index contributed by atoms with van der Waals surface area (Å²) in [5.41, 5.74) is 2.73. The van der Waals surface area contributed by atoms with Gasteiger partial charge in [0, 0.05) is 37.7 Å². The summed E-state index contributed by atoms with van der Waals surface area (Å²) in [6.45, 7) is 5.30. The first-order valence-electron chi connectivity index (χ1n) is 7.22. The fourth-order valence-electron chi connectivity index (χ4n) is 3.92. The van der Waals surface area contributed by atoms with Crippen LogP contribution in [-0.4, -0.2) is 28.3 Å². The summed E-state index contributed by atoms with van der Waals surface area (Å²) in [5, 5.41) is 3.40. The van der Waals surface area contributed by atoms with E-state index in [1.165, 1.54) is 36.5 Å². The van der Waals surface area contributed by atoms with E-state index in [1.807, 2.05) is 0 Å². The Balaban J connectivity index is 1.59. The SMILES string of the molecule is Cc1nc2c(n1CC1CC3CCC1O3)CCNC2. The molecular weight excluding hydrogens is 226 g/mol. The molecule has 2 bridgehead atoms. The molecule has 2 fully saturated rings. The Morgan fingerprint density at radius 1 is 1.44 bits per heavy atom. The lowest BCUT2D eigenvalue weighted by molar-refractivity contribution is 0.0897. The molecule has 0 aliphatic carbocycles. The van der Waals surface area contributed by atoms with Crippen LogP contribution in [0.25, 0.3) is 0 Å². The maximum atomic E-state index is 5.97. The smallest absolute Gasteiger partial charge is 0.106 e. The highest BCUT2D eigenvalue weighted by molar-refractivity contribution is 5.20. The van der Waals surface area contributed by atoms with E-state index in [2.05, 4.69) is 16.8 Å². The molecule has 3 atom stereocenters. The van der Waals surface area contributed by atoms with Gasteiger partial charge in [-0.3, -0.25) is 0 Å². The third-order valence-electron chi connectivity index (χ3n) is 4.83. The number of aromatic nitrogens is 2. The van der Waals surface area contributed by atoms with Crippen molar-refractivity contribution in [1.82, 2.24) is 14.9 Å². The summed E-state index contributed by atoms with van der Waals surface area (Å²) in [5.74, 6) is 1.90. The van der Waals surface area contributed by atoms with Crippen LogP contribution in [0, 0.1) is 12.8 Å². The molecule has 4 heteroatoms. The molecule has 2 saturated heterocycles. The number of fused-ring (bicyclic) bond motifs is 3. The van der Waals surface area contributed by atoms with E-state index in [-0.39, 0.29) is 0 Å². The summed E-state index contributed by atoms with van der Waals surface area (Å²) >= 11 is 0. The van der Waals surface area contributed by atoms with Gasteiger partial charge in [0.15, 0.2) is 0 Å². The van der Waals surface area contributed by atoms with Gasteiger partial charge in [0.1, 0.15) is 5.82 Å². The van der Waals surface area contributed by atoms with E-state index >= 15 is 0 Å². The van der Waals surface area contributed by atoms with Crippen molar-refractivity contribution in [3.8, 4) is 0 Å². The lowest BCUT2D eigenvalue weighted by Crippen LogP contribution is -2.27. The second-order valence-corrected chi connectivity index (χ2v) is 5.96. The lowest BCUT2D eigenvalue weighted by Gasteiger charge is -2.22. The van der Waals surface area contributed by atoms with Gasteiger partial charge in [0.25, 0.3) is 0 Å². The molecule has 0 spiro atoms. The summed E-state index contributed by atoms with van der Waals surface area (Å²) in [4.78, 5) is 4.71. The highest BCUT2D eigenvalue weighted by atomic mass is 16.5. The molecule has 0 aromatic carbocycles. The number of ether oxygens (including phenoxy) is 1. The predicted molar refractivity (Wildman–Crippen MR) is 68.4 cm³/mol. The van der Waals surface area contributed by atoms with E-state index in [9.17, 15) is 0 Å². The molecule has 18 heavy (non-hydrogen) atoms. The Morgan fingerprint density at radius 2 is 2.39 bits per heavy atom. The monoisotopic (exact) mass is 247 g/mol. The zero-order chi connectivity index (χ0) is 12.1. The first-order valence-corrected chi connectivity index (χ1v) is 7.22. The molecule has 1 aromatic heterocycles. The fourth-order valence-corrected chi connectivity index (χ4v) is 3.92. The van der Waals surface area contributed by atoms with Crippen LogP contribution in [0.1, 0.15) is 36.5 Å². The molecule has 3 aliphatic heterocycles. The van der Waals surface area contributed by atoms with Crippen molar-refractivity contribution in [2.45, 2.75) is 57.9 Å². The number of nitrogens with zero attached hydrogens (tertiary/aromatic N) is 2. The molecule has 4 rings (SSSR count). The van der Waals surface area contributed by atoms with Gasteiger partial charge in [-0.1, -0.05) is 0 Å². The second-order valence-electron chi connectivity index (χ2n) is 5.96. The van der Waals surface area contributed by atoms with E-state index in [0.29, 0.717) is 12.2 Å². The zero-order valence-corrected chi connectivity index (χ0v) is 11.0. The van der Waals surface area contributed by atoms with E-state index in [1.54, 1.807) is 0 Å². The summed E-state index contributed by atoms with van der Waals surface area (Å²) in [6.07, 6.45) is 6.02. The normalized spacial score (nSPS) is 33.9. The molecule has 1 aromatic rings. The predicted octanol–water partition coefficient (Wildman–Crippen LogP) is 1.40. The summed E-state index contributed by atoms with van der Waals surface area (Å²) < 4.78 is 8.43. The van der Waals surface area contributed by atoms with Crippen molar-refractivity contribution in [1.29, 1.82) is 0 Å². The van der Waals surface area contributed by atoms with Crippen LogP contribution in [0.2, 0.25) is 0 Å². The van der Waals surface area contributed by atoms with Crippen LogP contribution in [0.15, 0.2) is 0 Å². The van der Waals surface area contributed by atoms with Crippen LogP contribution < -0.4 is 5.32 Å². The average Bonchev–Trinajstić information content (AvgIpc) is 3.05. The summed E-state index contributed by atoms with van der Waals surface area (Å²) in [7, 11) is 0. The van der Waals surface area contributed by atoms with Gasteiger partial charge in [-0.15, -0.1) is 0 Å². The molecule has 3 aliphatic rings. The zero-order valence-electron chi connectivity index (χ0n) is 11.0. The Kier molecular flexibility index (Phi) is 2.49. The fraction of sp³-hybridized carbons (Fsp3) is 0.786. The molecule has 0 amide bonds. The van der Waals surface area contributed by atoms with Gasteiger partial charge in [0.2, 0.25) is 0 Å². The molecule has 4 heterocycles. The summed E-state index contributed by atoms with van der Waals surface area (Å²) in [6, 6.07) is 0. The van der Waals surface area contributed by atoms with Crippen LogP contribution in [0.4, 0.5) is 0 Å². The largest absolute Gasteiger partial charge is 0.375 e. The number of aryl methyl sites for hydroxylation is 1. The third-order valence-corrected chi connectivity index (χ3v) is 4.83. The first kappa shape index (κ1) is 11.0. The molecule has 98 valence electrons. The van der Waals surface area contributed by atoms with Crippen LogP contribution in [0.5, 0.6) is 0 Å². The van der Waals surface area contributed by atoms with Crippen molar-refractivity contribution >= 4 is 0 Å². The van der Waals surface area contributed by atoms with Gasteiger partial charge < -0.3 is 14.6 Å². The van der Waals surface area contributed by atoms with Crippen LogP contribution >= 0.6 is 0 Å².